The molecule has 0 saturated carbocycles. The number of cyclic esters (lactones) is 1. The van der Waals surface area contributed by atoms with Crippen LogP contribution in [0.4, 0.5) is 0 Å². The van der Waals surface area contributed by atoms with Gasteiger partial charge in [0.15, 0.2) is 0 Å². The molecule has 0 spiro atoms. The van der Waals surface area contributed by atoms with Gasteiger partial charge in [0.05, 0.1) is 0 Å². The zero-order valence-electron chi connectivity index (χ0n) is 18.0. The summed E-state index contributed by atoms with van der Waals surface area (Å²) in [4.78, 5) is 12.1. The Labute approximate surface area is 183 Å². The summed E-state index contributed by atoms with van der Waals surface area (Å²) in [6.07, 6.45) is 17.2. The van der Waals surface area contributed by atoms with E-state index in [4.69, 9.17) is 4.74 Å². The quantitative estimate of drug-likeness (QED) is 0.205. The molecule has 0 amide bonds. The van der Waals surface area contributed by atoms with Crippen LogP contribution < -0.4 is 4.46 Å². The number of aliphatic hydroxyl groups is 1. The van der Waals surface area contributed by atoms with E-state index in [0.29, 0.717) is 6.42 Å². The van der Waals surface area contributed by atoms with Gasteiger partial charge in [0.2, 0.25) is 0 Å². The minimum absolute atomic E-state index is 0.0528. The van der Waals surface area contributed by atoms with Crippen LogP contribution in [0.2, 0.25) is 0 Å². The maximum atomic E-state index is 12.1. The minimum atomic E-state index is -0.578. The Morgan fingerprint density at radius 2 is 1.45 bits per heavy atom. The number of unbranched alkanes of at least 4 members (excludes halogenated alkanes) is 11. The monoisotopic (exact) mass is 466 g/mol. The Balaban J connectivity index is 1.51. The van der Waals surface area contributed by atoms with E-state index in [-0.39, 0.29) is 20.9 Å². The first kappa shape index (κ1) is 24.2. The van der Waals surface area contributed by atoms with Gasteiger partial charge in [0.25, 0.3) is 0 Å². The molecule has 1 aromatic rings. The molecule has 0 saturated heterocycles. The van der Waals surface area contributed by atoms with Crippen LogP contribution >= 0.6 is 0 Å². The van der Waals surface area contributed by atoms with E-state index in [9.17, 15) is 9.90 Å². The van der Waals surface area contributed by atoms with E-state index in [1.807, 2.05) is 36.4 Å². The van der Waals surface area contributed by atoms with Crippen molar-refractivity contribution in [1.29, 1.82) is 0 Å². The molecule has 0 fully saturated rings. The summed E-state index contributed by atoms with van der Waals surface area (Å²) in [5.74, 6) is -0.257. The van der Waals surface area contributed by atoms with Crippen LogP contribution in [0.3, 0.4) is 0 Å². The van der Waals surface area contributed by atoms with Gasteiger partial charge >= 0.3 is 144 Å². The van der Waals surface area contributed by atoms with E-state index in [1.54, 1.807) is 0 Å². The Bertz CT molecular complexity index is 599. The normalized spacial score (nSPS) is 17.2. The summed E-state index contributed by atoms with van der Waals surface area (Å²) in [6.45, 7) is 2.26. The number of ether oxygens (including phenoxy) is 1. The predicted octanol–water partition coefficient (Wildman–Crippen LogP) is 5.28. The van der Waals surface area contributed by atoms with E-state index in [1.165, 1.54) is 64.2 Å². The standard InChI is InChI=1S/C25H38O3Se/c1-2-3-4-5-6-7-8-9-10-11-12-16-19-22(26)23-20-24(25(27)28-23)29-21-17-14-13-15-18-21/h13-15,17-18,20,22-23,26H,2-12,16,19H2,1H3/t22-,23+/m1/s1. The summed E-state index contributed by atoms with van der Waals surface area (Å²) in [5.41, 5.74) is 0. The molecule has 1 aliphatic heterocycles. The molecule has 1 heterocycles. The van der Waals surface area contributed by atoms with Gasteiger partial charge < -0.3 is 0 Å². The number of carbonyl (C=O) groups excluding carboxylic acids is 1. The Morgan fingerprint density at radius 3 is 2.03 bits per heavy atom. The van der Waals surface area contributed by atoms with Crippen molar-refractivity contribution in [3.63, 3.8) is 0 Å². The molecule has 162 valence electrons. The van der Waals surface area contributed by atoms with Crippen molar-refractivity contribution in [2.75, 3.05) is 0 Å². The zero-order chi connectivity index (χ0) is 20.7. The molecule has 0 unspecified atom stereocenters. The SMILES string of the molecule is CCCCCCCCCCCCCC[C@@H](O)[C@@H]1C=C([Se]c2ccccc2)C(=O)O1. The fraction of sp³-hybridized carbons (Fsp3) is 0.640. The van der Waals surface area contributed by atoms with Crippen LogP contribution in [0.15, 0.2) is 40.9 Å². The Hall–Kier alpha value is -1.09. The third-order valence-electron chi connectivity index (χ3n) is 5.46. The topological polar surface area (TPSA) is 46.5 Å². The average Bonchev–Trinajstić information content (AvgIpc) is 3.10. The van der Waals surface area contributed by atoms with E-state index < -0.39 is 12.2 Å². The first-order chi connectivity index (χ1) is 14.2. The van der Waals surface area contributed by atoms with Crippen molar-refractivity contribution in [2.45, 2.75) is 103 Å². The number of hydrogen-bond donors (Lipinski definition) is 1. The van der Waals surface area contributed by atoms with Crippen molar-refractivity contribution in [1.82, 2.24) is 0 Å². The summed E-state index contributed by atoms with van der Waals surface area (Å²) in [7, 11) is 0. The third kappa shape index (κ3) is 9.98. The van der Waals surface area contributed by atoms with Gasteiger partial charge in [-0.1, -0.05) is 39.0 Å². The number of aliphatic hydroxyl groups excluding tert-OH is 1. The fourth-order valence-electron chi connectivity index (χ4n) is 3.67. The van der Waals surface area contributed by atoms with Crippen LogP contribution in [-0.2, 0) is 9.53 Å². The first-order valence-electron chi connectivity index (χ1n) is 11.5. The van der Waals surface area contributed by atoms with Crippen LogP contribution in [0.1, 0.15) is 90.4 Å². The fourth-order valence-corrected chi connectivity index (χ4v) is 5.52. The van der Waals surface area contributed by atoms with Crippen molar-refractivity contribution in [3.8, 4) is 0 Å². The van der Waals surface area contributed by atoms with E-state index >= 15 is 0 Å². The second-order valence-corrected chi connectivity index (χ2v) is 10.4. The molecule has 1 aliphatic rings. The van der Waals surface area contributed by atoms with Crippen molar-refractivity contribution < 1.29 is 14.6 Å². The van der Waals surface area contributed by atoms with Gasteiger partial charge in [-0.15, -0.1) is 0 Å². The summed E-state index contributed by atoms with van der Waals surface area (Å²) < 4.78 is 7.28. The van der Waals surface area contributed by atoms with E-state index in [2.05, 4.69) is 6.92 Å². The van der Waals surface area contributed by atoms with Gasteiger partial charge in [0.1, 0.15) is 0 Å². The van der Waals surface area contributed by atoms with Crippen LogP contribution in [0.5, 0.6) is 0 Å². The number of esters is 1. The number of hydrogen-bond acceptors (Lipinski definition) is 3. The number of benzene rings is 1. The number of carbonyl (C=O) groups is 1. The summed E-state index contributed by atoms with van der Waals surface area (Å²) in [6, 6.07) is 10.0. The van der Waals surface area contributed by atoms with Gasteiger partial charge in [-0.2, -0.15) is 0 Å². The maximum absolute atomic E-state index is 12.1. The molecule has 4 heteroatoms. The second kappa shape index (κ2) is 14.8. The van der Waals surface area contributed by atoms with Crippen molar-refractivity contribution >= 4 is 25.4 Å². The van der Waals surface area contributed by atoms with Crippen LogP contribution in [0, 0.1) is 0 Å². The summed E-state index contributed by atoms with van der Waals surface area (Å²) >= 11 is -0.0528. The van der Waals surface area contributed by atoms with Gasteiger partial charge in [0, 0.05) is 0 Å². The van der Waals surface area contributed by atoms with E-state index in [0.717, 1.165) is 21.8 Å². The summed E-state index contributed by atoms with van der Waals surface area (Å²) in [5, 5.41) is 10.4. The molecule has 2 rings (SSSR count). The predicted molar refractivity (Wildman–Crippen MR) is 121 cm³/mol. The Kier molecular flexibility index (Phi) is 12.4. The molecule has 0 radical (unpaired) electrons. The average molecular weight is 466 g/mol. The molecule has 0 bridgehead atoms. The molecule has 1 aromatic carbocycles. The third-order valence-corrected chi connectivity index (χ3v) is 7.63. The molecule has 2 atom stereocenters. The molecule has 0 aliphatic carbocycles. The first-order valence-corrected chi connectivity index (χ1v) is 13.3. The second-order valence-electron chi connectivity index (χ2n) is 8.06. The van der Waals surface area contributed by atoms with Gasteiger partial charge in [-0.05, 0) is 0 Å². The molecular weight excluding hydrogens is 427 g/mol. The number of rotatable bonds is 16. The molecule has 3 nitrogen and oxygen atoms in total. The van der Waals surface area contributed by atoms with Crippen LogP contribution in [0.25, 0.3) is 0 Å². The van der Waals surface area contributed by atoms with Crippen molar-refractivity contribution in [3.05, 3.63) is 40.9 Å². The van der Waals surface area contributed by atoms with Crippen LogP contribution in [-0.4, -0.2) is 38.2 Å². The molecule has 1 N–H and O–H groups in total. The zero-order valence-corrected chi connectivity index (χ0v) is 19.7. The Morgan fingerprint density at radius 1 is 0.897 bits per heavy atom. The van der Waals surface area contributed by atoms with Gasteiger partial charge in [-0.25, -0.2) is 0 Å². The van der Waals surface area contributed by atoms with Crippen molar-refractivity contribution in [2.24, 2.45) is 0 Å². The molecule has 29 heavy (non-hydrogen) atoms. The van der Waals surface area contributed by atoms with Gasteiger partial charge in [-0.3, -0.25) is 0 Å². The molecule has 0 aromatic heterocycles. The molecular formula is C25H38O3Se.